The molecule has 0 unspecified atom stereocenters. The first-order valence-electron chi connectivity index (χ1n) is 6.91. The third-order valence-corrected chi connectivity index (χ3v) is 3.24. The van der Waals surface area contributed by atoms with E-state index in [9.17, 15) is 4.79 Å². The molecule has 0 bridgehead atoms. The third kappa shape index (κ3) is 4.02. The molecule has 0 spiro atoms. The summed E-state index contributed by atoms with van der Waals surface area (Å²) in [7, 11) is 3.62. The summed E-state index contributed by atoms with van der Waals surface area (Å²) in [4.78, 5) is 18.3. The quantitative estimate of drug-likeness (QED) is 0.577. The summed E-state index contributed by atoms with van der Waals surface area (Å²) < 4.78 is 9.80. The van der Waals surface area contributed by atoms with Crippen molar-refractivity contribution in [3.05, 3.63) is 47.5 Å². The fraction of sp³-hybridized carbons (Fsp3) is 0.312. The summed E-state index contributed by atoms with van der Waals surface area (Å²) in [5.74, 6) is 0.718. The van der Waals surface area contributed by atoms with Gasteiger partial charge in [0, 0.05) is 26.9 Å². The Labute approximate surface area is 129 Å². The van der Waals surface area contributed by atoms with Gasteiger partial charge < -0.3 is 14.2 Å². The number of aromatic nitrogens is 2. The van der Waals surface area contributed by atoms with Crippen LogP contribution in [0.4, 0.5) is 5.82 Å². The topological polar surface area (TPSA) is 68.5 Å². The number of carbonyl (C=O) groups excluding carboxylic acids is 1. The molecule has 2 aromatic rings. The predicted octanol–water partition coefficient (Wildman–Crippen LogP) is 2.36. The van der Waals surface area contributed by atoms with Gasteiger partial charge in [-0.1, -0.05) is 5.16 Å². The van der Waals surface area contributed by atoms with Gasteiger partial charge in [-0.05, 0) is 36.8 Å². The highest BCUT2D eigenvalue weighted by molar-refractivity contribution is 6.07. The van der Waals surface area contributed by atoms with E-state index in [1.165, 1.54) is 12.3 Å². The molecule has 0 fully saturated rings. The van der Waals surface area contributed by atoms with Gasteiger partial charge in [0.1, 0.15) is 12.1 Å². The van der Waals surface area contributed by atoms with Crippen LogP contribution in [0.5, 0.6) is 0 Å². The van der Waals surface area contributed by atoms with E-state index < -0.39 is 0 Å². The van der Waals surface area contributed by atoms with Gasteiger partial charge in [-0.2, -0.15) is 0 Å². The maximum Gasteiger partial charge on any atom is 0.191 e. The van der Waals surface area contributed by atoms with E-state index in [0.29, 0.717) is 17.9 Å². The van der Waals surface area contributed by atoms with Crippen molar-refractivity contribution in [1.29, 1.82) is 0 Å². The van der Waals surface area contributed by atoms with Gasteiger partial charge in [0.25, 0.3) is 0 Å². The predicted molar refractivity (Wildman–Crippen MR) is 84.0 cm³/mol. The first-order valence-corrected chi connectivity index (χ1v) is 6.91. The lowest BCUT2D eigenvalue weighted by molar-refractivity contribution is 0.104. The maximum atomic E-state index is 12.0. The number of carbonyl (C=O) groups is 1. The van der Waals surface area contributed by atoms with Crippen LogP contribution in [0.25, 0.3) is 6.08 Å². The molecule has 0 saturated heterocycles. The Morgan fingerprint density at radius 3 is 2.86 bits per heavy atom. The van der Waals surface area contributed by atoms with Crippen molar-refractivity contribution in [1.82, 2.24) is 10.1 Å². The molecule has 2 heterocycles. The van der Waals surface area contributed by atoms with Crippen LogP contribution < -0.4 is 4.90 Å². The van der Waals surface area contributed by atoms with Crippen molar-refractivity contribution >= 4 is 17.7 Å². The van der Waals surface area contributed by atoms with Crippen LogP contribution in [0.3, 0.4) is 0 Å². The second-order valence-electron chi connectivity index (χ2n) is 4.88. The lowest BCUT2D eigenvalue weighted by Gasteiger charge is -2.17. The van der Waals surface area contributed by atoms with Crippen LogP contribution in [-0.4, -0.2) is 43.2 Å². The second kappa shape index (κ2) is 7.51. The van der Waals surface area contributed by atoms with Crippen LogP contribution in [0.15, 0.2) is 35.2 Å². The molecular formula is C16H19N3O3. The van der Waals surface area contributed by atoms with Crippen LogP contribution in [0.1, 0.15) is 21.6 Å². The second-order valence-corrected chi connectivity index (χ2v) is 4.88. The standard InChI is InChI=1S/C16H19N3O3/c1-12-14(11-22-18-12)15(20)6-4-13-5-7-16(17-10-13)19(2)8-9-21-3/h4-7,10-11H,8-9H2,1-3H3/b6-4+. The smallest absolute Gasteiger partial charge is 0.191 e. The summed E-state index contributed by atoms with van der Waals surface area (Å²) in [6.07, 6.45) is 6.29. The van der Waals surface area contributed by atoms with E-state index in [4.69, 9.17) is 9.26 Å². The zero-order chi connectivity index (χ0) is 15.9. The molecule has 6 heteroatoms. The van der Waals surface area contributed by atoms with Crippen LogP contribution in [-0.2, 0) is 4.74 Å². The van der Waals surface area contributed by atoms with Crippen molar-refractivity contribution in [3.63, 3.8) is 0 Å². The summed E-state index contributed by atoms with van der Waals surface area (Å²) >= 11 is 0. The number of ether oxygens (including phenoxy) is 1. The maximum absolute atomic E-state index is 12.0. The Balaban J connectivity index is 2.00. The minimum absolute atomic E-state index is 0.139. The van der Waals surface area contributed by atoms with E-state index in [-0.39, 0.29) is 5.78 Å². The molecule has 0 N–H and O–H groups in total. The highest BCUT2D eigenvalue weighted by Crippen LogP contribution is 2.12. The Kier molecular flexibility index (Phi) is 5.43. The molecule has 2 aromatic heterocycles. The third-order valence-electron chi connectivity index (χ3n) is 3.24. The number of methoxy groups -OCH3 is 1. The number of likely N-dealkylation sites (N-methyl/N-ethyl adjacent to an activating group) is 1. The minimum Gasteiger partial charge on any atom is -0.383 e. The highest BCUT2D eigenvalue weighted by Gasteiger charge is 2.09. The Hall–Kier alpha value is -2.47. The normalized spacial score (nSPS) is 11.0. The number of pyridine rings is 1. The van der Waals surface area contributed by atoms with E-state index in [1.807, 2.05) is 24.1 Å². The Bertz CT molecular complexity index is 647. The highest BCUT2D eigenvalue weighted by atomic mass is 16.5. The molecule has 0 aromatic carbocycles. The van der Waals surface area contributed by atoms with Gasteiger partial charge >= 0.3 is 0 Å². The number of rotatable bonds is 7. The van der Waals surface area contributed by atoms with Gasteiger partial charge in [0.15, 0.2) is 5.78 Å². The molecule has 2 rings (SSSR count). The number of hydrogen-bond donors (Lipinski definition) is 0. The van der Waals surface area contributed by atoms with Crippen LogP contribution in [0.2, 0.25) is 0 Å². The summed E-state index contributed by atoms with van der Waals surface area (Å²) in [6.45, 7) is 3.15. The van der Waals surface area contributed by atoms with Gasteiger partial charge in [-0.25, -0.2) is 4.98 Å². The minimum atomic E-state index is -0.139. The molecule has 0 aliphatic carbocycles. The molecular weight excluding hydrogens is 282 g/mol. The van der Waals surface area contributed by atoms with Crippen LogP contribution >= 0.6 is 0 Å². The van der Waals surface area contributed by atoms with Crippen molar-refractivity contribution in [2.45, 2.75) is 6.92 Å². The Morgan fingerprint density at radius 2 is 2.27 bits per heavy atom. The molecule has 0 atom stereocenters. The van der Waals surface area contributed by atoms with Gasteiger partial charge in [0.05, 0.1) is 17.9 Å². The van der Waals surface area contributed by atoms with Gasteiger partial charge in [-0.3, -0.25) is 4.79 Å². The molecule has 0 aliphatic heterocycles. The number of anilines is 1. The first kappa shape index (κ1) is 15.9. The number of nitrogens with zero attached hydrogens (tertiary/aromatic N) is 3. The first-order chi connectivity index (χ1) is 10.6. The lowest BCUT2D eigenvalue weighted by atomic mass is 10.1. The molecule has 0 saturated carbocycles. The SMILES string of the molecule is COCCN(C)c1ccc(/C=C/C(=O)c2conc2C)cn1. The lowest BCUT2D eigenvalue weighted by Crippen LogP contribution is -2.22. The zero-order valence-electron chi connectivity index (χ0n) is 12.9. The summed E-state index contributed by atoms with van der Waals surface area (Å²) in [5, 5.41) is 3.69. The van der Waals surface area contributed by atoms with E-state index in [1.54, 1.807) is 26.3 Å². The molecule has 22 heavy (non-hydrogen) atoms. The van der Waals surface area contributed by atoms with Crippen molar-refractivity contribution in [2.75, 3.05) is 32.2 Å². The fourth-order valence-electron chi connectivity index (χ4n) is 1.86. The van der Waals surface area contributed by atoms with Crippen molar-refractivity contribution in [2.24, 2.45) is 0 Å². The van der Waals surface area contributed by atoms with E-state index >= 15 is 0 Å². The van der Waals surface area contributed by atoms with Gasteiger partial charge in [-0.15, -0.1) is 0 Å². The average molecular weight is 301 g/mol. The van der Waals surface area contributed by atoms with E-state index in [0.717, 1.165) is 17.9 Å². The number of ketones is 1. The van der Waals surface area contributed by atoms with Crippen molar-refractivity contribution < 1.29 is 14.1 Å². The summed E-state index contributed by atoms with van der Waals surface area (Å²) in [5.41, 5.74) is 1.91. The zero-order valence-corrected chi connectivity index (χ0v) is 12.9. The average Bonchev–Trinajstić information content (AvgIpc) is 2.97. The molecule has 6 nitrogen and oxygen atoms in total. The number of hydrogen-bond acceptors (Lipinski definition) is 6. The number of allylic oxidation sites excluding steroid dienone is 1. The molecule has 0 amide bonds. The molecule has 0 aliphatic rings. The summed E-state index contributed by atoms with van der Waals surface area (Å²) in [6, 6.07) is 3.82. The molecule has 116 valence electrons. The fourth-order valence-corrected chi connectivity index (χ4v) is 1.86. The molecule has 0 radical (unpaired) electrons. The van der Waals surface area contributed by atoms with Crippen molar-refractivity contribution in [3.8, 4) is 0 Å². The van der Waals surface area contributed by atoms with Crippen LogP contribution in [0, 0.1) is 6.92 Å². The Morgan fingerprint density at radius 1 is 1.45 bits per heavy atom. The number of aryl methyl sites for hydroxylation is 1. The largest absolute Gasteiger partial charge is 0.383 e. The van der Waals surface area contributed by atoms with E-state index in [2.05, 4.69) is 10.1 Å². The monoisotopic (exact) mass is 301 g/mol. The van der Waals surface area contributed by atoms with Gasteiger partial charge in [0.2, 0.25) is 0 Å².